The highest BCUT2D eigenvalue weighted by molar-refractivity contribution is 6.42. The summed E-state index contributed by atoms with van der Waals surface area (Å²) in [4.78, 5) is 0. The molecule has 3 heteroatoms. The average Bonchev–Trinajstić information content (AvgIpc) is 2.76. The van der Waals surface area contributed by atoms with Crippen molar-refractivity contribution < 1.29 is 5.11 Å². The van der Waals surface area contributed by atoms with E-state index in [0.29, 0.717) is 10.0 Å². The van der Waals surface area contributed by atoms with Crippen LogP contribution in [0, 0.1) is 0 Å². The first-order chi connectivity index (χ1) is 12.1. The van der Waals surface area contributed by atoms with Gasteiger partial charge in [-0.3, -0.25) is 0 Å². The number of fused-ring (bicyclic) bond motifs is 2. The fraction of sp³-hybridized carbons (Fsp3) is 0.0909. The van der Waals surface area contributed by atoms with E-state index in [1.807, 2.05) is 24.3 Å². The van der Waals surface area contributed by atoms with Crippen molar-refractivity contribution in [2.24, 2.45) is 0 Å². The molecule has 0 radical (unpaired) electrons. The Hall–Kier alpha value is -2.22. The topological polar surface area (TPSA) is 20.2 Å². The zero-order valence-corrected chi connectivity index (χ0v) is 15.0. The van der Waals surface area contributed by atoms with Crippen molar-refractivity contribution in [1.82, 2.24) is 0 Å². The second kappa shape index (κ2) is 6.59. The molecule has 0 amide bonds. The number of aryl methyl sites for hydroxylation is 1. The molecule has 4 rings (SSSR count). The van der Waals surface area contributed by atoms with Gasteiger partial charge >= 0.3 is 0 Å². The molecule has 1 N–H and O–H groups in total. The maximum absolute atomic E-state index is 9.80. The van der Waals surface area contributed by atoms with Gasteiger partial charge in [-0.1, -0.05) is 65.7 Å². The van der Waals surface area contributed by atoms with Crippen LogP contribution in [0.15, 0.2) is 60.7 Å². The summed E-state index contributed by atoms with van der Waals surface area (Å²) >= 11 is 12.8. The minimum Gasteiger partial charge on any atom is -0.508 e. The lowest BCUT2D eigenvalue weighted by Crippen LogP contribution is -1.94. The third kappa shape index (κ3) is 3.06. The van der Waals surface area contributed by atoms with Gasteiger partial charge in [-0.25, -0.2) is 0 Å². The van der Waals surface area contributed by atoms with Crippen molar-refractivity contribution in [2.75, 3.05) is 0 Å². The van der Waals surface area contributed by atoms with E-state index in [1.54, 1.807) is 12.1 Å². The molecule has 25 heavy (non-hydrogen) atoms. The zero-order valence-electron chi connectivity index (χ0n) is 13.5. The smallest absolute Gasteiger partial charge is 0.116 e. The predicted octanol–water partition coefficient (Wildman–Crippen LogP) is 6.39. The highest BCUT2D eigenvalue weighted by Crippen LogP contribution is 2.40. The highest BCUT2D eigenvalue weighted by Gasteiger charge is 2.21. The molecular weight excluding hydrogens is 351 g/mol. The molecular formula is C22H16Cl2O. The van der Waals surface area contributed by atoms with Gasteiger partial charge in [0, 0.05) is 0 Å². The van der Waals surface area contributed by atoms with Crippen LogP contribution in [0.2, 0.25) is 10.0 Å². The molecule has 0 unspecified atom stereocenters. The zero-order chi connectivity index (χ0) is 17.4. The molecule has 0 aliphatic heterocycles. The Kier molecular flexibility index (Phi) is 4.29. The summed E-state index contributed by atoms with van der Waals surface area (Å²) in [6.07, 6.45) is 3.87. The number of halogens is 2. The van der Waals surface area contributed by atoms with Crippen LogP contribution in [-0.2, 0) is 12.8 Å². The molecule has 1 aliphatic carbocycles. The molecule has 124 valence electrons. The van der Waals surface area contributed by atoms with E-state index < -0.39 is 0 Å². The summed E-state index contributed by atoms with van der Waals surface area (Å²) in [5.41, 5.74) is 6.72. The first-order valence-corrected chi connectivity index (χ1v) is 8.95. The van der Waals surface area contributed by atoms with Crippen molar-refractivity contribution in [2.45, 2.75) is 12.8 Å². The van der Waals surface area contributed by atoms with E-state index in [1.165, 1.54) is 11.1 Å². The molecule has 3 aromatic carbocycles. The summed E-state index contributed by atoms with van der Waals surface area (Å²) in [5.74, 6) is 0.255. The standard InChI is InChI=1S/C22H16Cl2O/c23-21-11-10-18-19(22(21)24)9-8-15-5-1-2-7-17(15)20(18)13-14-4-3-6-16(25)12-14/h1-7,10-13,25H,8-9H2/b20-13-. The number of phenols is 1. The van der Waals surface area contributed by atoms with Crippen LogP contribution in [0.4, 0.5) is 0 Å². The average molecular weight is 367 g/mol. The minimum absolute atomic E-state index is 0.255. The van der Waals surface area contributed by atoms with E-state index in [9.17, 15) is 5.11 Å². The minimum atomic E-state index is 0.255. The van der Waals surface area contributed by atoms with Crippen molar-refractivity contribution in [3.8, 4) is 5.75 Å². The quantitative estimate of drug-likeness (QED) is 0.529. The van der Waals surface area contributed by atoms with E-state index in [-0.39, 0.29) is 5.75 Å². The fourth-order valence-corrected chi connectivity index (χ4v) is 3.87. The Morgan fingerprint density at radius 3 is 2.52 bits per heavy atom. The Balaban J connectivity index is 2.00. The number of hydrogen-bond acceptors (Lipinski definition) is 1. The molecule has 0 saturated heterocycles. The maximum Gasteiger partial charge on any atom is 0.116 e. The molecule has 0 heterocycles. The molecule has 0 bridgehead atoms. The maximum atomic E-state index is 9.80. The van der Waals surface area contributed by atoms with Gasteiger partial charge in [0.1, 0.15) is 5.75 Å². The Morgan fingerprint density at radius 2 is 1.68 bits per heavy atom. The second-order valence-corrected chi connectivity index (χ2v) is 6.98. The Morgan fingerprint density at radius 1 is 0.840 bits per heavy atom. The molecule has 0 fully saturated rings. The summed E-state index contributed by atoms with van der Waals surface area (Å²) in [6.45, 7) is 0. The lowest BCUT2D eigenvalue weighted by molar-refractivity contribution is 0.475. The summed E-state index contributed by atoms with van der Waals surface area (Å²) < 4.78 is 0. The largest absolute Gasteiger partial charge is 0.508 e. The van der Waals surface area contributed by atoms with Crippen LogP contribution in [0.25, 0.3) is 11.6 Å². The number of aromatic hydroxyl groups is 1. The van der Waals surface area contributed by atoms with Crippen molar-refractivity contribution in [3.63, 3.8) is 0 Å². The number of hydrogen-bond donors (Lipinski definition) is 1. The summed E-state index contributed by atoms with van der Waals surface area (Å²) in [5, 5.41) is 11.0. The van der Waals surface area contributed by atoms with Crippen LogP contribution in [0.3, 0.4) is 0 Å². The molecule has 1 aliphatic rings. The first-order valence-electron chi connectivity index (χ1n) is 8.20. The van der Waals surface area contributed by atoms with Gasteiger partial charge in [0.05, 0.1) is 10.0 Å². The third-order valence-electron chi connectivity index (χ3n) is 4.62. The van der Waals surface area contributed by atoms with Gasteiger partial charge in [-0.15, -0.1) is 0 Å². The van der Waals surface area contributed by atoms with Gasteiger partial charge in [-0.2, -0.15) is 0 Å². The van der Waals surface area contributed by atoms with Crippen LogP contribution in [0.5, 0.6) is 5.75 Å². The molecule has 0 saturated carbocycles. The van der Waals surface area contributed by atoms with E-state index in [2.05, 4.69) is 30.3 Å². The molecule has 0 atom stereocenters. The molecule has 0 aromatic heterocycles. The predicted molar refractivity (Wildman–Crippen MR) is 105 cm³/mol. The lowest BCUT2D eigenvalue weighted by Gasteiger charge is -2.14. The van der Waals surface area contributed by atoms with Crippen molar-refractivity contribution in [3.05, 3.63) is 98.5 Å². The van der Waals surface area contributed by atoms with Gasteiger partial charge in [-0.05, 0) is 70.5 Å². The van der Waals surface area contributed by atoms with Gasteiger partial charge in [0.2, 0.25) is 0 Å². The normalized spacial score (nSPS) is 14.7. The molecule has 3 aromatic rings. The first kappa shape index (κ1) is 16.3. The Bertz CT molecular complexity index is 989. The van der Waals surface area contributed by atoms with Crippen molar-refractivity contribution in [1.29, 1.82) is 0 Å². The number of benzene rings is 3. The monoisotopic (exact) mass is 366 g/mol. The van der Waals surface area contributed by atoms with Gasteiger partial charge in [0.25, 0.3) is 0 Å². The molecule has 0 spiro atoms. The second-order valence-electron chi connectivity index (χ2n) is 6.20. The van der Waals surface area contributed by atoms with E-state index in [4.69, 9.17) is 23.2 Å². The SMILES string of the molecule is Oc1cccc(/C=C2/c3ccccc3CCc3c2ccc(Cl)c3Cl)c1. The van der Waals surface area contributed by atoms with E-state index in [0.717, 1.165) is 35.1 Å². The summed E-state index contributed by atoms with van der Waals surface area (Å²) in [6, 6.07) is 19.6. The number of rotatable bonds is 1. The van der Waals surface area contributed by atoms with Crippen LogP contribution in [0.1, 0.15) is 27.8 Å². The molecule has 1 nitrogen and oxygen atoms in total. The highest BCUT2D eigenvalue weighted by atomic mass is 35.5. The van der Waals surface area contributed by atoms with Crippen LogP contribution in [-0.4, -0.2) is 5.11 Å². The van der Waals surface area contributed by atoms with Gasteiger partial charge in [0.15, 0.2) is 0 Å². The number of phenolic OH excluding ortho intramolecular Hbond substituents is 1. The van der Waals surface area contributed by atoms with Crippen molar-refractivity contribution >= 4 is 34.9 Å². The third-order valence-corrected chi connectivity index (χ3v) is 5.46. The van der Waals surface area contributed by atoms with E-state index >= 15 is 0 Å². The summed E-state index contributed by atoms with van der Waals surface area (Å²) in [7, 11) is 0. The van der Waals surface area contributed by atoms with Crippen LogP contribution >= 0.6 is 23.2 Å². The van der Waals surface area contributed by atoms with Crippen LogP contribution < -0.4 is 0 Å². The lowest BCUT2D eigenvalue weighted by atomic mass is 9.92. The van der Waals surface area contributed by atoms with Gasteiger partial charge < -0.3 is 5.11 Å². The fourth-order valence-electron chi connectivity index (χ4n) is 3.43. The Labute approximate surface area is 157 Å².